The van der Waals surface area contributed by atoms with Gasteiger partial charge in [-0.05, 0) is 43.0 Å². The topological polar surface area (TPSA) is 24.9 Å². The summed E-state index contributed by atoms with van der Waals surface area (Å²) in [5, 5.41) is 3.58. The van der Waals surface area contributed by atoms with E-state index in [1.54, 1.807) is 11.8 Å². The highest BCUT2D eigenvalue weighted by Crippen LogP contribution is 2.27. The number of likely N-dealkylation sites (N-methyl/N-ethyl adjacent to an activating group) is 1. The summed E-state index contributed by atoms with van der Waals surface area (Å²) < 4.78 is 0. The molecule has 0 radical (unpaired) electrons. The average Bonchev–Trinajstić information content (AvgIpc) is 2.49. The Morgan fingerprint density at radius 2 is 2.00 bits per heavy atom. The number of nitrogens with zero attached hydrogens (tertiary/aromatic N) is 1. The predicted octanol–water partition coefficient (Wildman–Crippen LogP) is 4.01. The Morgan fingerprint density at radius 3 is 2.65 bits per heavy atom. The summed E-state index contributed by atoms with van der Waals surface area (Å²) in [6, 6.07) is 13.2. The first-order valence-electron chi connectivity index (χ1n) is 7.02. The zero-order valence-corrected chi connectivity index (χ0v) is 13.2. The lowest BCUT2D eigenvalue weighted by Gasteiger charge is -2.20. The van der Waals surface area contributed by atoms with Gasteiger partial charge in [0.2, 0.25) is 0 Å². The number of nitrogens with one attached hydrogen (secondary N) is 1. The highest BCUT2D eigenvalue weighted by molar-refractivity contribution is 7.98. The Balaban J connectivity index is 2.24. The van der Waals surface area contributed by atoms with E-state index in [9.17, 15) is 0 Å². The molecule has 0 amide bonds. The molecular weight excluding hydrogens is 264 g/mol. The molecular formula is C17H22N2S. The molecule has 1 aromatic heterocycles. The second-order valence-electron chi connectivity index (χ2n) is 4.88. The van der Waals surface area contributed by atoms with E-state index in [1.165, 1.54) is 16.0 Å². The zero-order chi connectivity index (χ0) is 14.4. The van der Waals surface area contributed by atoms with E-state index in [-0.39, 0.29) is 0 Å². The van der Waals surface area contributed by atoms with Gasteiger partial charge in [-0.3, -0.25) is 4.98 Å². The van der Waals surface area contributed by atoms with Crippen LogP contribution in [0.2, 0.25) is 0 Å². The fourth-order valence-corrected chi connectivity index (χ4v) is 2.98. The van der Waals surface area contributed by atoms with Gasteiger partial charge in [-0.25, -0.2) is 0 Å². The Labute approximate surface area is 126 Å². The van der Waals surface area contributed by atoms with E-state index in [1.807, 2.05) is 6.20 Å². The first-order valence-corrected chi connectivity index (χ1v) is 8.25. The standard InChI is InChI=1S/C17H22N2S/c1-4-18-16(11-14-10-9-13(2)12-19-14)15-7-5-6-8-17(15)20-3/h5-10,12,16,18H,4,11H2,1-3H3. The zero-order valence-electron chi connectivity index (χ0n) is 12.4. The highest BCUT2D eigenvalue weighted by Gasteiger charge is 2.15. The average molecular weight is 286 g/mol. The quantitative estimate of drug-likeness (QED) is 0.812. The normalized spacial score (nSPS) is 12.3. The van der Waals surface area contributed by atoms with Crippen molar-refractivity contribution >= 4 is 11.8 Å². The third-order valence-electron chi connectivity index (χ3n) is 3.35. The Bertz CT molecular complexity index is 537. The molecule has 106 valence electrons. The lowest BCUT2D eigenvalue weighted by atomic mass is 10.0. The molecule has 1 heterocycles. The summed E-state index contributed by atoms with van der Waals surface area (Å²) in [4.78, 5) is 5.87. The number of rotatable bonds is 6. The van der Waals surface area contributed by atoms with Gasteiger partial charge in [-0.2, -0.15) is 0 Å². The summed E-state index contributed by atoms with van der Waals surface area (Å²) in [6.07, 6.45) is 5.00. The van der Waals surface area contributed by atoms with Gasteiger partial charge in [-0.1, -0.05) is 31.2 Å². The number of hydrogen-bond donors (Lipinski definition) is 1. The Morgan fingerprint density at radius 1 is 1.20 bits per heavy atom. The van der Waals surface area contributed by atoms with E-state index in [0.29, 0.717) is 6.04 Å². The minimum absolute atomic E-state index is 0.318. The summed E-state index contributed by atoms with van der Waals surface area (Å²) in [7, 11) is 0. The minimum atomic E-state index is 0.318. The van der Waals surface area contributed by atoms with Crippen LogP contribution in [0.25, 0.3) is 0 Å². The molecule has 0 saturated carbocycles. The van der Waals surface area contributed by atoms with Crippen LogP contribution in [0.3, 0.4) is 0 Å². The molecule has 0 spiro atoms. The van der Waals surface area contributed by atoms with Crippen LogP contribution in [0, 0.1) is 6.92 Å². The Hall–Kier alpha value is -1.32. The van der Waals surface area contributed by atoms with Crippen LogP contribution in [-0.2, 0) is 6.42 Å². The molecule has 0 fully saturated rings. The van der Waals surface area contributed by atoms with Crippen LogP contribution in [0.4, 0.5) is 0 Å². The van der Waals surface area contributed by atoms with Crippen LogP contribution in [0.5, 0.6) is 0 Å². The summed E-state index contributed by atoms with van der Waals surface area (Å²) in [6.45, 7) is 5.18. The van der Waals surface area contributed by atoms with Gasteiger partial charge in [0, 0.05) is 29.2 Å². The first-order chi connectivity index (χ1) is 9.74. The maximum Gasteiger partial charge on any atom is 0.0422 e. The van der Waals surface area contributed by atoms with Gasteiger partial charge in [0.1, 0.15) is 0 Å². The largest absolute Gasteiger partial charge is 0.310 e. The van der Waals surface area contributed by atoms with Gasteiger partial charge < -0.3 is 5.32 Å². The maximum absolute atomic E-state index is 4.53. The molecule has 2 nitrogen and oxygen atoms in total. The molecule has 0 aliphatic heterocycles. The molecule has 1 aromatic carbocycles. The van der Waals surface area contributed by atoms with Crippen LogP contribution in [0.1, 0.15) is 29.8 Å². The number of aryl methyl sites for hydroxylation is 1. The molecule has 2 aromatic rings. The maximum atomic E-state index is 4.53. The van der Waals surface area contributed by atoms with Crippen LogP contribution in [-0.4, -0.2) is 17.8 Å². The number of benzene rings is 1. The van der Waals surface area contributed by atoms with Gasteiger partial charge in [-0.15, -0.1) is 11.8 Å². The summed E-state index contributed by atoms with van der Waals surface area (Å²) >= 11 is 1.80. The monoisotopic (exact) mass is 286 g/mol. The third-order valence-corrected chi connectivity index (χ3v) is 4.16. The van der Waals surface area contributed by atoms with Crippen molar-refractivity contribution in [2.75, 3.05) is 12.8 Å². The fraction of sp³-hybridized carbons (Fsp3) is 0.353. The molecule has 0 saturated heterocycles. The van der Waals surface area contributed by atoms with Crippen LogP contribution < -0.4 is 5.32 Å². The number of hydrogen-bond acceptors (Lipinski definition) is 3. The van der Waals surface area contributed by atoms with Gasteiger partial charge in [0.25, 0.3) is 0 Å². The number of aromatic nitrogens is 1. The van der Waals surface area contributed by atoms with E-state index >= 15 is 0 Å². The third kappa shape index (κ3) is 3.84. The van der Waals surface area contributed by atoms with Crippen molar-refractivity contribution in [3.05, 3.63) is 59.4 Å². The fourth-order valence-electron chi connectivity index (χ4n) is 2.32. The molecule has 1 N–H and O–H groups in total. The van der Waals surface area contributed by atoms with Crippen molar-refractivity contribution in [2.24, 2.45) is 0 Å². The Kier molecular flexibility index (Phi) is 5.62. The second-order valence-corrected chi connectivity index (χ2v) is 5.73. The smallest absolute Gasteiger partial charge is 0.0422 e. The molecule has 1 atom stereocenters. The molecule has 0 bridgehead atoms. The van der Waals surface area contributed by atoms with Crippen molar-refractivity contribution < 1.29 is 0 Å². The van der Waals surface area contributed by atoms with Crippen molar-refractivity contribution in [1.29, 1.82) is 0 Å². The minimum Gasteiger partial charge on any atom is -0.310 e. The summed E-state index contributed by atoms with van der Waals surface area (Å²) in [5.74, 6) is 0. The lowest BCUT2D eigenvalue weighted by Crippen LogP contribution is -2.23. The van der Waals surface area contributed by atoms with Crippen LogP contribution in [0.15, 0.2) is 47.5 Å². The van der Waals surface area contributed by atoms with Crippen LogP contribution >= 0.6 is 11.8 Å². The highest BCUT2D eigenvalue weighted by atomic mass is 32.2. The summed E-state index contributed by atoms with van der Waals surface area (Å²) in [5.41, 5.74) is 3.71. The van der Waals surface area contributed by atoms with Crippen molar-refractivity contribution in [3.63, 3.8) is 0 Å². The predicted molar refractivity (Wildman–Crippen MR) is 87.3 cm³/mol. The van der Waals surface area contributed by atoms with Gasteiger partial charge in [0.15, 0.2) is 0 Å². The van der Waals surface area contributed by atoms with E-state index < -0.39 is 0 Å². The molecule has 0 aliphatic carbocycles. The van der Waals surface area contributed by atoms with Crippen molar-refractivity contribution in [1.82, 2.24) is 10.3 Å². The van der Waals surface area contributed by atoms with E-state index in [0.717, 1.165) is 18.7 Å². The molecule has 2 rings (SSSR count). The lowest BCUT2D eigenvalue weighted by molar-refractivity contribution is 0.537. The van der Waals surface area contributed by atoms with Gasteiger partial charge in [0.05, 0.1) is 0 Å². The first kappa shape index (κ1) is 15.1. The SMILES string of the molecule is CCNC(Cc1ccc(C)cn1)c1ccccc1SC. The molecule has 1 unspecified atom stereocenters. The second kappa shape index (κ2) is 7.46. The number of pyridine rings is 1. The van der Waals surface area contributed by atoms with Crippen molar-refractivity contribution in [2.45, 2.75) is 31.2 Å². The number of thioether (sulfide) groups is 1. The van der Waals surface area contributed by atoms with E-state index in [2.05, 4.69) is 66.8 Å². The van der Waals surface area contributed by atoms with Gasteiger partial charge >= 0.3 is 0 Å². The van der Waals surface area contributed by atoms with E-state index in [4.69, 9.17) is 0 Å². The molecule has 20 heavy (non-hydrogen) atoms. The molecule has 0 aliphatic rings. The molecule has 3 heteroatoms. The van der Waals surface area contributed by atoms with Crippen molar-refractivity contribution in [3.8, 4) is 0 Å².